The van der Waals surface area contributed by atoms with Crippen molar-refractivity contribution < 1.29 is 14.3 Å². The number of nitrogens with one attached hydrogen (secondary N) is 1. The van der Waals surface area contributed by atoms with Gasteiger partial charge in [-0.1, -0.05) is 0 Å². The molecule has 0 saturated heterocycles. The van der Waals surface area contributed by atoms with Crippen molar-refractivity contribution in [3.8, 4) is 5.75 Å². The summed E-state index contributed by atoms with van der Waals surface area (Å²) in [6.45, 7) is 8.53. The van der Waals surface area contributed by atoms with Crippen LogP contribution in [0.3, 0.4) is 0 Å². The lowest BCUT2D eigenvalue weighted by atomic mass is 10.2. The van der Waals surface area contributed by atoms with Gasteiger partial charge in [-0.3, -0.25) is 9.59 Å². The number of rotatable bonds is 6. The molecular formula is C16H23N3O3. The monoisotopic (exact) mass is 305 g/mol. The average molecular weight is 305 g/mol. The van der Waals surface area contributed by atoms with Crippen molar-refractivity contribution in [3.63, 3.8) is 0 Å². The van der Waals surface area contributed by atoms with E-state index in [1.54, 1.807) is 0 Å². The highest BCUT2D eigenvalue weighted by Gasteiger charge is 2.18. The van der Waals surface area contributed by atoms with Gasteiger partial charge in [-0.05, 0) is 57.5 Å². The molecule has 1 aromatic carbocycles. The van der Waals surface area contributed by atoms with Gasteiger partial charge in [0.2, 0.25) is 0 Å². The number of likely N-dealkylation sites (N-methyl/N-ethyl adjacent to an activating group) is 1. The molecule has 0 aliphatic rings. The molecule has 6 heteroatoms. The highest BCUT2D eigenvalue weighted by Crippen LogP contribution is 2.12. The van der Waals surface area contributed by atoms with Crippen molar-refractivity contribution in [3.05, 3.63) is 29.8 Å². The van der Waals surface area contributed by atoms with Crippen LogP contribution in [0.15, 0.2) is 29.4 Å². The van der Waals surface area contributed by atoms with Gasteiger partial charge in [-0.15, -0.1) is 0 Å². The Labute approximate surface area is 131 Å². The molecule has 0 aliphatic carbocycles. The SMILES string of the molecule is CCN(CC)C(=O)C(=O)NN=Cc1ccc(OC(C)C)cc1. The van der Waals surface area contributed by atoms with Crippen LogP contribution in [0.1, 0.15) is 33.3 Å². The summed E-state index contributed by atoms with van der Waals surface area (Å²) in [5.74, 6) is -0.546. The number of hydrogen-bond acceptors (Lipinski definition) is 4. The van der Waals surface area contributed by atoms with Crippen LogP contribution in [-0.4, -0.2) is 42.1 Å². The van der Waals surface area contributed by atoms with Crippen LogP contribution in [0, 0.1) is 0 Å². The van der Waals surface area contributed by atoms with Crippen molar-refractivity contribution in [2.45, 2.75) is 33.8 Å². The zero-order chi connectivity index (χ0) is 16.5. The third-order valence-corrected chi connectivity index (χ3v) is 2.88. The summed E-state index contributed by atoms with van der Waals surface area (Å²) in [6.07, 6.45) is 1.59. The molecule has 0 heterocycles. The van der Waals surface area contributed by atoms with Gasteiger partial charge < -0.3 is 9.64 Å². The number of hydrogen-bond donors (Lipinski definition) is 1. The average Bonchev–Trinajstić information content (AvgIpc) is 2.49. The maximum Gasteiger partial charge on any atom is 0.329 e. The number of nitrogens with zero attached hydrogens (tertiary/aromatic N) is 2. The molecule has 1 aromatic rings. The summed E-state index contributed by atoms with van der Waals surface area (Å²) in [5, 5.41) is 3.79. The second-order valence-corrected chi connectivity index (χ2v) is 4.91. The maximum absolute atomic E-state index is 11.7. The minimum Gasteiger partial charge on any atom is -0.491 e. The molecule has 0 spiro atoms. The first kappa shape index (κ1) is 17.7. The van der Waals surface area contributed by atoms with Gasteiger partial charge in [-0.2, -0.15) is 5.10 Å². The fourth-order valence-electron chi connectivity index (χ4n) is 1.77. The van der Waals surface area contributed by atoms with E-state index in [2.05, 4.69) is 10.5 Å². The summed E-state index contributed by atoms with van der Waals surface area (Å²) < 4.78 is 5.53. The Balaban J connectivity index is 2.55. The zero-order valence-electron chi connectivity index (χ0n) is 13.5. The Morgan fingerprint density at radius 2 is 1.82 bits per heavy atom. The number of carbonyl (C=O) groups is 2. The highest BCUT2D eigenvalue weighted by molar-refractivity contribution is 6.34. The molecule has 0 saturated carbocycles. The highest BCUT2D eigenvalue weighted by atomic mass is 16.5. The van der Waals surface area contributed by atoms with Crippen molar-refractivity contribution in [1.29, 1.82) is 0 Å². The summed E-state index contributed by atoms with van der Waals surface area (Å²) in [6, 6.07) is 7.29. The summed E-state index contributed by atoms with van der Waals surface area (Å²) in [7, 11) is 0. The topological polar surface area (TPSA) is 71.0 Å². The summed E-state index contributed by atoms with van der Waals surface area (Å²) >= 11 is 0. The minimum atomic E-state index is -0.736. The van der Waals surface area contributed by atoms with E-state index in [0.717, 1.165) is 11.3 Å². The molecule has 120 valence electrons. The standard InChI is InChI=1S/C16H23N3O3/c1-5-19(6-2)16(21)15(20)18-17-11-13-7-9-14(10-8-13)22-12(3)4/h7-12H,5-6H2,1-4H3,(H,18,20). The molecule has 1 rings (SSSR count). The Kier molecular flexibility index (Phi) is 7.08. The van der Waals surface area contributed by atoms with E-state index in [-0.39, 0.29) is 6.10 Å². The van der Waals surface area contributed by atoms with Gasteiger partial charge in [0, 0.05) is 13.1 Å². The quantitative estimate of drug-likeness (QED) is 0.495. The van der Waals surface area contributed by atoms with E-state index in [0.29, 0.717) is 13.1 Å². The first-order valence-corrected chi connectivity index (χ1v) is 7.36. The Morgan fingerprint density at radius 3 is 2.32 bits per heavy atom. The lowest BCUT2D eigenvalue weighted by Gasteiger charge is -2.16. The van der Waals surface area contributed by atoms with E-state index in [1.165, 1.54) is 11.1 Å². The van der Waals surface area contributed by atoms with Crippen molar-refractivity contribution in [2.24, 2.45) is 5.10 Å². The van der Waals surface area contributed by atoms with Crippen molar-refractivity contribution >= 4 is 18.0 Å². The molecule has 0 atom stereocenters. The van der Waals surface area contributed by atoms with Crippen LogP contribution in [0.2, 0.25) is 0 Å². The second-order valence-electron chi connectivity index (χ2n) is 4.91. The summed E-state index contributed by atoms with van der Waals surface area (Å²) in [4.78, 5) is 24.8. The van der Waals surface area contributed by atoms with Gasteiger partial charge >= 0.3 is 11.8 Å². The molecule has 1 N–H and O–H groups in total. The van der Waals surface area contributed by atoms with Crippen molar-refractivity contribution in [2.75, 3.05) is 13.1 Å². The molecule has 22 heavy (non-hydrogen) atoms. The summed E-state index contributed by atoms with van der Waals surface area (Å²) in [5.41, 5.74) is 3.03. The van der Waals surface area contributed by atoms with Gasteiger partial charge in [0.1, 0.15) is 5.75 Å². The van der Waals surface area contributed by atoms with Crippen LogP contribution in [0.4, 0.5) is 0 Å². The molecule has 6 nitrogen and oxygen atoms in total. The van der Waals surface area contributed by atoms with Crippen LogP contribution in [-0.2, 0) is 9.59 Å². The Morgan fingerprint density at radius 1 is 1.23 bits per heavy atom. The molecule has 0 bridgehead atoms. The molecule has 0 unspecified atom stereocenters. The molecule has 0 aromatic heterocycles. The van der Waals surface area contributed by atoms with Crippen LogP contribution in [0.5, 0.6) is 5.75 Å². The van der Waals surface area contributed by atoms with Gasteiger partial charge in [0.25, 0.3) is 0 Å². The molecule has 0 radical (unpaired) electrons. The van der Waals surface area contributed by atoms with Gasteiger partial charge in [0.15, 0.2) is 0 Å². The van der Waals surface area contributed by atoms with Crippen LogP contribution in [0.25, 0.3) is 0 Å². The normalized spacial score (nSPS) is 10.8. The molecule has 0 fully saturated rings. The van der Waals surface area contributed by atoms with E-state index >= 15 is 0 Å². The fraction of sp³-hybridized carbons (Fsp3) is 0.438. The smallest absolute Gasteiger partial charge is 0.329 e. The molecular weight excluding hydrogens is 282 g/mol. The van der Waals surface area contributed by atoms with Crippen LogP contribution < -0.4 is 10.2 Å². The van der Waals surface area contributed by atoms with Crippen molar-refractivity contribution in [1.82, 2.24) is 10.3 Å². The van der Waals surface area contributed by atoms with Gasteiger partial charge in [-0.25, -0.2) is 5.43 Å². The molecule has 2 amide bonds. The maximum atomic E-state index is 11.7. The van der Waals surface area contributed by atoms with E-state index in [1.807, 2.05) is 52.0 Å². The molecule has 0 aliphatic heterocycles. The number of carbonyl (C=O) groups excluding carboxylic acids is 2. The van der Waals surface area contributed by atoms with E-state index < -0.39 is 11.8 Å². The van der Waals surface area contributed by atoms with E-state index in [9.17, 15) is 9.59 Å². The fourth-order valence-corrected chi connectivity index (χ4v) is 1.77. The number of ether oxygens (including phenoxy) is 1. The second kappa shape index (κ2) is 8.81. The third kappa shape index (κ3) is 5.55. The zero-order valence-corrected chi connectivity index (χ0v) is 13.5. The number of amides is 2. The lowest BCUT2D eigenvalue weighted by molar-refractivity contribution is -0.145. The van der Waals surface area contributed by atoms with E-state index in [4.69, 9.17) is 4.74 Å². The minimum absolute atomic E-state index is 0.116. The third-order valence-electron chi connectivity index (χ3n) is 2.88. The Hall–Kier alpha value is -2.37. The first-order chi connectivity index (χ1) is 10.5. The Bertz CT molecular complexity index is 520. The first-order valence-electron chi connectivity index (χ1n) is 7.36. The van der Waals surface area contributed by atoms with Crippen LogP contribution >= 0.6 is 0 Å². The number of benzene rings is 1. The number of hydrazone groups is 1. The predicted octanol–water partition coefficient (Wildman–Crippen LogP) is 1.79. The predicted molar refractivity (Wildman–Crippen MR) is 85.9 cm³/mol. The lowest BCUT2D eigenvalue weighted by Crippen LogP contribution is -2.41. The van der Waals surface area contributed by atoms with Gasteiger partial charge in [0.05, 0.1) is 12.3 Å². The largest absolute Gasteiger partial charge is 0.491 e.